The highest BCUT2D eigenvalue weighted by Gasteiger charge is 2.30. The standard InChI is InChI=1S/C15H19N5/c1-3-7-12-18-15-13(17-10-19(15)2)14(16)20(12)11-8-5-4-6-9-11/h4-6,8-10,14H,3,7,16H2,1-2H3. The van der Waals surface area contributed by atoms with Gasteiger partial charge in [-0.1, -0.05) is 25.1 Å². The van der Waals surface area contributed by atoms with Crippen LogP contribution in [0.1, 0.15) is 31.6 Å². The molecule has 0 aliphatic carbocycles. The number of rotatable bonds is 3. The van der Waals surface area contributed by atoms with Gasteiger partial charge in [0.1, 0.15) is 17.7 Å². The normalized spacial score (nSPS) is 17.9. The van der Waals surface area contributed by atoms with Crippen LogP contribution in [0, 0.1) is 0 Å². The molecule has 0 saturated heterocycles. The van der Waals surface area contributed by atoms with Crippen molar-refractivity contribution in [2.24, 2.45) is 17.8 Å². The second-order valence-corrected chi connectivity index (χ2v) is 4.99. The maximum atomic E-state index is 6.43. The molecular weight excluding hydrogens is 250 g/mol. The van der Waals surface area contributed by atoms with E-state index in [9.17, 15) is 0 Å². The van der Waals surface area contributed by atoms with Gasteiger partial charge in [-0.3, -0.25) is 0 Å². The summed E-state index contributed by atoms with van der Waals surface area (Å²) in [6.45, 7) is 2.15. The number of nitrogens with zero attached hydrogens (tertiary/aromatic N) is 4. The second kappa shape index (κ2) is 5.09. The van der Waals surface area contributed by atoms with Crippen LogP contribution in [0.5, 0.6) is 0 Å². The third-order valence-electron chi connectivity index (χ3n) is 3.51. The zero-order valence-electron chi connectivity index (χ0n) is 11.8. The van der Waals surface area contributed by atoms with Crippen LogP contribution in [-0.2, 0) is 7.05 Å². The third-order valence-corrected chi connectivity index (χ3v) is 3.51. The molecule has 104 valence electrons. The molecule has 0 spiro atoms. The highest BCUT2D eigenvalue weighted by Crippen LogP contribution is 2.34. The first-order valence-electron chi connectivity index (χ1n) is 6.91. The third kappa shape index (κ3) is 2.00. The Morgan fingerprint density at radius 3 is 2.70 bits per heavy atom. The summed E-state index contributed by atoms with van der Waals surface area (Å²) < 4.78 is 1.92. The van der Waals surface area contributed by atoms with Gasteiger partial charge in [-0.05, 0) is 18.6 Å². The summed E-state index contributed by atoms with van der Waals surface area (Å²) >= 11 is 0. The predicted octanol–water partition coefficient (Wildman–Crippen LogP) is 2.73. The number of fused-ring (bicyclic) bond motifs is 1. The molecule has 1 aromatic heterocycles. The van der Waals surface area contributed by atoms with Gasteiger partial charge in [0.2, 0.25) is 0 Å². The minimum Gasteiger partial charge on any atom is -0.319 e. The molecule has 2 aromatic rings. The number of imidazole rings is 1. The Bertz CT molecular complexity index is 629. The van der Waals surface area contributed by atoms with Gasteiger partial charge < -0.3 is 15.2 Å². The number of nitrogens with two attached hydrogens (primary N) is 1. The molecule has 5 heteroatoms. The number of aromatic nitrogens is 2. The van der Waals surface area contributed by atoms with Crippen molar-refractivity contribution in [3.8, 4) is 0 Å². The average molecular weight is 269 g/mol. The average Bonchev–Trinajstić information content (AvgIpc) is 2.82. The summed E-state index contributed by atoms with van der Waals surface area (Å²) in [5.74, 6) is 1.87. The lowest BCUT2D eigenvalue weighted by molar-refractivity contribution is 0.703. The van der Waals surface area contributed by atoms with E-state index in [-0.39, 0.29) is 6.17 Å². The molecule has 2 N–H and O–H groups in total. The molecule has 0 fully saturated rings. The SMILES string of the molecule is CCCC1=Nc2c(ncn2C)C(N)N1c1ccccc1. The lowest BCUT2D eigenvalue weighted by atomic mass is 10.1. The maximum Gasteiger partial charge on any atom is 0.160 e. The number of amidine groups is 1. The Kier molecular flexibility index (Phi) is 3.28. The monoisotopic (exact) mass is 269 g/mol. The van der Waals surface area contributed by atoms with E-state index >= 15 is 0 Å². The van der Waals surface area contributed by atoms with E-state index in [1.807, 2.05) is 29.8 Å². The molecular formula is C15H19N5. The number of benzene rings is 1. The first-order chi connectivity index (χ1) is 9.72. The van der Waals surface area contributed by atoms with Crippen LogP contribution in [0.25, 0.3) is 0 Å². The van der Waals surface area contributed by atoms with Gasteiger partial charge in [-0.2, -0.15) is 0 Å². The summed E-state index contributed by atoms with van der Waals surface area (Å²) in [6, 6.07) is 10.1. The minimum atomic E-state index is -0.285. The Morgan fingerprint density at radius 2 is 2.00 bits per heavy atom. The molecule has 1 aliphatic rings. The number of aryl methyl sites for hydroxylation is 1. The van der Waals surface area contributed by atoms with Crippen LogP contribution in [0.4, 0.5) is 11.5 Å². The van der Waals surface area contributed by atoms with Crippen LogP contribution in [-0.4, -0.2) is 15.4 Å². The molecule has 0 bridgehead atoms. The molecule has 1 aromatic carbocycles. The first-order valence-corrected chi connectivity index (χ1v) is 6.91. The lowest BCUT2D eigenvalue weighted by Gasteiger charge is -2.34. The van der Waals surface area contributed by atoms with Crippen LogP contribution < -0.4 is 10.6 Å². The second-order valence-electron chi connectivity index (χ2n) is 4.99. The molecule has 20 heavy (non-hydrogen) atoms. The van der Waals surface area contributed by atoms with Crippen molar-refractivity contribution in [1.82, 2.24) is 9.55 Å². The predicted molar refractivity (Wildman–Crippen MR) is 81.1 cm³/mol. The van der Waals surface area contributed by atoms with E-state index in [1.165, 1.54) is 0 Å². The molecule has 1 unspecified atom stereocenters. The van der Waals surface area contributed by atoms with Gasteiger partial charge in [-0.15, -0.1) is 0 Å². The van der Waals surface area contributed by atoms with Crippen molar-refractivity contribution in [1.29, 1.82) is 0 Å². The van der Waals surface area contributed by atoms with Crippen molar-refractivity contribution in [2.45, 2.75) is 25.9 Å². The summed E-state index contributed by atoms with van der Waals surface area (Å²) in [6.07, 6.45) is 3.41. The maximum absolute atomic E-state index is 6.43. The Morgan fingerprint density at radius 1 is 1.25 bits per heavy atom. The summed E-state index contributed by atoms with van der Waals surface area (Å²) in [4.78, 5) is 11.2. The van der Waals surface area contributed by atoms with Gasteiger partial charge in [0.15, 0.2) is 5.82 Å². The number of hydrogen-bond donors (Lipinski definition) is 1. The number of anilines is 1. The quantitative estimate of drug-likeness (QED) is 0.932. The van der Waals surface area contributed by atoms with E-state index in [0.717, 1.165) is 35.9 Å². The molecule has 0 amide bonds. The van der Waals surface area contributed by atoms with E-state index in [0.29, 0.717) is 0 Å². The van der Waals surface area contributed by atoms with Crippen molar-refractivity contribution in [2.75, 3.05) is 4.90 Å². The fourth-order valence-electron chi connectivity index (χ4n) is 2.54. The molecule has 1 aliphatic heterocycles. The zero-order valence-corrected chi connectivity index (χ0v) is 11.8. The number of aliphatic imine (C=N–C) groups is 1. The van der Waals surface area contributed by atoms with Gasteiger partial charge in [-0.25, -0.2) is 9.98 Å². The minimum absolute atomic E-state index is 0.285. The molecule has 0 radical (unpaired) electrons. The van der Waals surface area contributed by atoms with Crippen molar-refractivity contribution in [3.63, 3.8) is 0 Å². The fourth-order valence-corrected chi connectivity index (χ4v) is 2.54. The van der Waals surface area contributed by atoms with E-state index < -0.39 is 0 Å². The largest absolute Gasteiger partial charge is 0.319 e. The van der Waals surface area contributed by atoms with Gasteiger partial charge in [0.25, 0.3) is 0 Å². The van der Waals surface area contributed by atoms with Gasteiger partial charge in [0.05, 0.1) is 6.33 Å². The van der Waals surface area contributed by atoms with E-state index in [2.05, 4.69) is 28.9 Å². The highest BCUT2D eigenvalue weighted by atomic mass is 15.3. The highest BCUT2D eigenvalue weighted by molar-refractivity contribution is 6.01. The van der Waals surface area contributed by atoms with Crippen LogP contribution >= 0.6 is 0 Å². The lowest BCUT2D eigenvalue weighted by Crippen LogP contribution is -2.42. The molecule has 0 saturated carbocycles. The number of para-hydroxylation sites is 1. The topological polar surface area (TPSA) is 59.4 Å². The Hall–Kier alpha value is -2.14. The molecule has 3 rings (SSSR count). The zero-order chi connectivity index (χ0) is 14.1. The first kappa shape index (κ1) is 12.9. The van der Waals surface area contributed by atoms with Crippen LogP contribution in [0.3, 0.4) is 0 Å². The van der Waals surface area contributed by atoms with Gasteiger partial charge >= 0.3 is 0 Å². The van der Waals surface area contributed by atoms with E-state index in [4.69, 9.17) is 10.7 Å². The Labute approximate surface area is 118 Å². The van der Waals surface area contributed by atoms with Crippen molar-refractivity contribution in [3.05, 3.63) is 42.4 Å². The smallest absolute Gasteiger partial charge is 0.160 e. The molecule has 2 heterocycles. The van der Waals surface area contributed by atoms with Crippen molar-refractivity contribution >= 4 is 17.3 Å². The summed E-state index contributed by atoms with van der Waals surface area (Å²) in [7, 11) is 1.95. The Balaban J connectivity index is 2.10. The fraction of sp³-hybridized carbons (Fsp3) is 0.333. The van der Waals surface area contributed by atoms with Gasteiger partial charge in [0, 0.05) is 19.2 Å². The molecule has 1 atom stereocenters. The van der Waals surface area contributed by atoms with E-state index in [1.54, 1.807) is 6.33 Å². The summed E-state index contributed by atoms with van der Waals surface area (Å²) in [5.41, 5.74) is 8.31. The van der Waals surface area contributed by atoms with Crippen molar-refractivity contribution < 1.29 is 0 Å². The number of hydrogen-bond acceptors (Lipinski definition) is 4. The van der Waals surface area contributed by atoms with Crippen LogP contribution in [0.15, 0.2) is 41.7 Å². The summed E-state index contributed by atoms with van der Waals surface area (Å²) in [5, 5.41) is 0. The van der Waals surface area contributed by atoms with Crippen LogP contribution in [0.2, 0.25) is 0 Å². The molecule has 5 nitrogen and oxygen atoms in total.